The first kappa shape index (κ1) is 34.6. The average molecular weight is 625 g/mol. The predicted octanol–water partition coefficient (Wildman–Crippen LogP) is 10.7. The van der Waals surface area contributed by atoms with E-state index in [0.29, 0.717) is 40.8 Å². The molecule has 0 aliphatic heterocycles. The summed E-state index contributed by atoms with van der Waals surface area (Å²) in [5.74, 6) is 4.80. The summed E-state index contributed by atoms with van der Waals surface area (Å²) in [6.45, 7) is 25.3. The molecular formula is C40H68O3Si. The van der Waals surface area contributed by atoms with Gasteiger partial charge in [-0.3, -0.25) is 0 Å². The highest BCUT2D eigenvalue weighted by Gasteiger charge is 2.63. The van der Waals surface area contributed by atoms with Crippen LogP contribution in [0.15, 0.2) is 30.3 Å². The molecule has 0 aromatic heterocycles. The Morgan fingerprint density at radius 1 is 0.886 bits per heavy atom. The summed E-state index contributed by atoms with van der Waals surface area (Å²) in [6.07, 6.45) is 12.8. The smallest absolute Gasteiger partial charge is 0.192 e. The third-order valence-corrected chi connectivity index (χ3v) is 19.1. The first-order chi connectivity index (χ1) is 20.6. The van der Waals surface area contributed by atoms with E-state index >= 15 is 0 Å². The number of benzene rings is 1. The lowest BCUT2D eigenvalue weighted by molar-refractivity contribution is -0.191. The summed E-state index contributed by atoms with van der Waals surface area (Å²) in [6, 6.07) is 10.8. The van der Waals surface area contributed by atoms with E-state index in [0.717, 1.165) is 49.5 Å². The highest BCUT2D eigenvalue weighted by Crippen LogP contribution is 2.69. The Labute approximate surface area is 272 Å². The minimum atomic E-state index is -1.79. The molecule has 1 aromatic carbocycles. The molecule has 0 bridgehead atoms. The van der Waals surface area contributed by atoms with Gasteiger partial charge in [-0.15, -0.1) is 0 Å². The molecular weight excluding hydrogens is 557 g/mol. The molecule has 4 unspecified atom stereocenters. The van der Waals surface area contributed by atoms with Gasteiger partial charge in [-0.05, 0) is 140 Å². The number of ether oxygens (including phenoxy) is 1. The lowest BCUT2D eigenvalue weighted by Gasteiger charge is -2.63. The van der Waals surface area contributed by atoms with E-state index in [1.807, 2.05) is 0 Å². The minimum Gasteiger partial charge on any atom is -0.414 e. The molecule has 0 saturated heterocycles. The van der Waals surface area contributed by atoms with Gasteiger partial charge in [0, 0.05) is 6.10 Å². The number of aliphatic hydroxyl groups is 1. The van der Waals surface area contributed by atoms with Crippen LogP contribution in [0.4, 0.5) is 0 Å². The Bertz CT molecular complexity index is 1080. The van der Waals surface area contributed by atoms with E-state index < -0.39 is 8.32 Å². The molecule has 4 aliphatic carbocycles. The van der Waals surface area contributed by atoms with Crippen LogP contribution in [0, 0.1) is 52.3 Å². The summed E-state index contributed by atoms with van der Waals surface area (Å²) in [5.41, 5.74) is 2.05. The zero-order chi connectivity index (χ0) is 32.1. The van der Waals surface area contributed by atoms with Gasteiger partial charge in [0.15, 0.2) is 8.32 Å². The summed E-state index contributed by atoms with van der Waals surface area (Å²) in [4.78, 5) is 0. The van der Waals surface area contributed by atoms with E-state index in [1.165, 1.54) is 50.5 Å². The molecule has 0 radical (unpaired) electrons. The molecule has 1 N–H and O–H groups in total. The molecule has 250 valence electrons. The van der Waals surface area contributed by atoms with Crippen LogP contribution in [0.2, 0.25) is 18.1 Å². The van der Waals surface area contributed by atoms with Crippen molar-refractivity contribution in [3.8, 4) is 0 Å². The van der Waals surface area contributed by atoms with Gasteiger partial charge in [0.2, 0.25) is 0 Å². The van der Waals surface area contributed by atoms with Crippen molar-refractivity contribution < 1.29 is 14.3 Å². The normalized spacial score (nSPS) is 39.0. The summed E-state index contributed by atoms with van der Waals surface area (Å²) in [5, 5.41) is 11.0. The van der Waals surface area contributed by atoms with Gasteiger partial charge >= 0.3 is 0 Å². The van der Waals surface area contributed by atoms with Crippen LogP contribution in [-0.4, -0.2) is 31.7 Å². The standard InChI is InChI=1S/C40H68O3Si/c1-27(2)35(43-44(9,10)38(4,5)6)19-16-28(3)32-17-18-33-37-34(21-23-40(32,33)8)39(7)22-20-31(41)24-30(39)25-36(37)42-26-29-14-12-11-13-15-29/h11-15,27-28,30-37,41H,16-26H2,1-10H3/t28-,30?,31?,32-,33+,34+,35?,36?,37+,39+,40-/m1/s1. The maximum Gasteiger partial charge on any atom is 0.192 e. The maximum absolute atomic E-state index is 10.7. The van der Waals surface area contributed by atoms with Gasteiger partial charge in [0.1, 0.15) is 0 Å². The van der Waals surface area contributed by atoms with Gasteiger partial charge in [0.05, 0.1) is 18.8 Å². The van der Waals surface area contributed by atoms with Gasteiger partial charge < -0.3 is 14.3 Å². The van der Waals surface area contributed by atoms with E-state index in [2.05, 4.69) is 98.8 Å². The Morgan fingerprint density at radius 3 is 2.20 bits per heavy atom. The van der Waals surface area contributed by atoms with Crippen molar-refractivity contribution in [2.75, 3.05) is 0 Å². The molecule has 4 saturated carbocycles. The van der Waals surface area contributed by atoms with E-state index in [1.54, 1.807) is 0 Å². The fraction of sp³-hybridized carbons (Fsp3) is 0.850. The molecule has 0 heterocycles. The highest BCUT2D eigenvalue weighted by molar-refractivity contribution is 6.74. The predicted molar refractivity (Wildman–Crippen MR) is 187 cm³/mol. The van der Waals surface area contributed by atoms with Crippen LogP contribution >= 0.6 is 0 Å². The van der Waals surface area contributed by atoms with Crippen LogP contribution in [-0.2, 0) is 15.8 Å². The first-order valence-electron chi connectivity index (χ1n) is 18.6. The number of hydrogen-bond acceptors (Lipinski definition) is 3. The third kappa shape index (κ3) is 6.67. The van der Waals surface area contributed by atoms with E-state index in [4.69, 9.17) is 9.16 Å². The maximum atomic E-state index is 10.7. The van der Waals surface area contributed by atoms with Gasteiger partial charge in [-0.1, -0.05) is 85.7 Å². The Morgan fingerprint density at radius 2 is 1.55 bits per heavy atom. The van der Waals surface area contributed by atoms with Crippen molar-refractivity contribution in [2.24, 2.45) is 52.3 Å². The van der Waals surface area contributed by atoms with Gasteiger partial charge in [0.25, 0.3) is 0 Å². The molecule has 4 aliphatic rings. The fourth-order valence-electron chi connectivity index (χ4n) is 10.8. The van der Waals surface area contributed by atoms with Crippen molar-refractivity contribution >= 4 is 8.32 Å². The van der Waals surface area contributed by atoms with Gasteiger partial charge in [-0.25, -0.2) is 0 Å². The topological polar surface area (TPSA) is 38.7 Å². The van der Waals surface area contributed by atoms with E-state index in [9.17, 15) is 5.11 Å². The van der Waals surface area contributed by atoms with Crippen molar-refractivity contribution in [2.45, 2.75) is 163 Å². The van der Waals surface area contributed by atoms with Gasteiger partial charge in [-0.2, -0.15) is 0 Å². The van der Waals surface area contributed by atoms with Crippen molar-refractivity contribution in [3.05, 3.63) is 35.9 Å². The molecule has 1 aromatic rings. The minimum absolute atomic E-state index is 0.125. The lowest BCUT2D eigenvalue weighted by atomic mass is 9.43. The molecule has 44 heavy (non-hydrogen) atoms. The first-order valence-corrected chi connectivity index (χ1v) is 21.5. The number of rotatable bonds is 10. The number of aliphatic hydroxyl groups excluding tert-OH is 1. The highest BCUT2D eigenvalue weighted by atomic mass is 28.4. The Kier molecular flexibility index (Phi) is 10.3. The molecule has 0 spiro atoms. The molecule has 3 nitrogen and oxygen atoms in total. The van der Waals surface area contributed by atoms with E-state index in [-0.39, 0.29) is 11.1 Å². The fourth-order valence-corrected chi connectivity index (χ4v) is 12.3. The zero-order valence-corrected chi connectivity index (χ0v) is 31.2. The number of hydrogen-bond donors (Lipinski definition) is 1. The largest absolute Gasteiger partial charge is 0.414 e. The second kappa shape index (κ2) is 13.1. The summed E-state index contributed by atoms with van der Waals surface area (Å²) < 4.78 is 14.0. The lowest BCUT2D eigenvalue weighted by Crippen LogP contribution is -2.59. The Balaban J connectivity index is 1.33. The molecule has 11 atom stereocenters. The van der Waals surface area contributed by atoms with Crippen molar-refractivity contribution in [1.82, 2.24) is 0 Å². The monoisotopic (exact) mass is 624 g/mol. The summed E-state index contributed by atoms with van der Waals surface area (Å²) >= 11 is 0. The molecule has 4 fully saturated rings. The quantitative estimate of drug-likeness (QED) is 0.263. The van der Waals surface area contributed by atoms with Crippen LogP contribution in [0.3, 0.4) is 0 Å². The Hall–Kier alpha value is -0.683. The van der Waals surface area contributed by atoms with Crippen molar-refractivity contribution in [3.63, 3.8) is 0 Å². The average Bonchev–Trinajstić information content (AvgIpc) is 3.31. The zero-order valence-electron chi connectivity index (χ0n) is 30.2. The van der Waals surface area contributed by atoms with Crippen LogP contribution < -0.4 is 0 Å². The molecule has 5 rings (SSSR count). The second-order valence-electron chi connectivity index (χ2n) is 18.4. The van der Waals surface area contributed by atoms with Crippen LogP contribution in [0.5, 0.6) is 0 Å². The third-order valence-electron chi connectivity index (χ3n) is 14.6. The number of fused-ring (bicyclic) bond motifs is 5. The van der Waals surface area contributed by atoms with Crippen molar-refractivity contribution in [1.29, 1.82) is 0 Å². The second-order valence-corrected chi connectivity index (χ2v) is 23.2. The molecule has 0 amide bonds. The van der Waals surface area contributed by atoms with Crippen LogP contribution in [0.25, 0.3) is 0 Å². The van der Waals surface area contributed by atoms with Crippen LogP contribution in [0.1, 0.15) is 125 Å². The SMILES string of the molecule is CC(C)C(CC[C@@H](C)[C@H]1CC[C@H]2[C@@H]3C(OCc4ccccc4)CC4CC(O)CC[C@]4(C)[C@H]3CC[C@]12C)O[Si](C)(C)C(C)(C)C. The molecule has 4 heteroatoms. The summed E-state index contributed by atoms with van der Waals surface area (Å²) in [7, 11) is -1.79.